The van der Waals surface area contributed by atoms with E-state index < -0.39 is 6.10 Å². The third-order valence-electron chi connectivity index (χ3n) is 15.4. The number of carbonyl (C=O) groups excluding carboxylic acids is 3. The molecule has 1 atom stereocenters. The average Bonchev–Trinajstić information content (AvgIpc) is 3.42. The van der Waals surface area contributed by atoms with Gasteiger partial charge in [-0.15, -0.1) is 0 Å². The van der Waals surface area contributed by atoms with Crippen molar-refractivity contribution in [2.45, 2.75) is 380 Å². The molecule has 0 aromatic carbocycles. The van der Waals surface area contributed by atoms with Crippen LogP contribution < -0.4 is 0 Å². The molecule has 0 rings (SSSR count). The summed E-state index contributed by atoms with van der Waals surface area (Å²) in [5, 5.41) is 0. The zero-order chi connectivity index (χ0) is 55.0. The fourth-order valence-electron chi connectivity index (χ4n) is 10.2. The molecular weight excluding hydrogens is 937 g/mol. The van der Waals surface area contributed by atoms with Gasteiger partial charge in [-0.2, -0.15) is 0 Å². The molecule has 0 bridgehead atoms. The number of ether oxygens (including phenoxy) is 3. The second-order valence-electron chi connectivity index (χ2n) is 23.1. The van der Waals surface area contributed by atoms with E-state index in [-0.39, 0.29) is 31.1 Å². The zero-order valence-corrected chi connectivity index (χ0v) is 51.3. The Kier molecular flexibility index (Phi) is 63.1. The SMILES string of the molecule is CCCCC/C=C\C/C=C\CCCCCCCCCC(=O)OC(COC(=O)CCCCCCCCCC)COC(=O)CCCCCCCCCCCCCCCCCCCCCCC/C=C\CCCCCCCCCC. The van der Waals surface area contributed by atoms with Crippen molar-refractivity contribution in [3.8, 4) is 0 Å². The van der Waals surface area contributed by atoms with Crippen LogP contribution in [0.3, 0.4) is 0 Å². The van der Waals surface area contributed by atoms with Gasteiger partial charge in [0.1, 0.15) is 13.2 Å². The number of unbranched alkanes of at least 4 members (excludes halogenated alkanes) is 46. The van der Waals surface area contributed by atoms with Gasteiger partial charge in [0, 0.05) is 19.3 Å². The molecule has 76 heavy (non-hydrogen) atoms. The molecule has 0 fully saturated rings. The highest BCUT2D eigenvalue weighted by molar-refractivity contribution is 5.71. The van der Waals surface area contributed by atoms with Crippen LogP contribution in [0.15, 0.2) is 36.5 Å². The van der Waals surface area contributed by atoms with Gasteiger partial charge >= 0.3 is 17.9 Å². The molecule has 0 aliphatic carbocycles. The summed E-state index contributed by atoms with van der Waals surface area (Å²) in [6.45, 7) is 6.63. The number of esters is 3. The molecule has 0 saturated carbocycles. The van der Waals surface area contributed by atoms with Crippen LogP contribution in [0.4, 0.5) is 0 Å². The van der Waals surface area contributed by atoms with Crippen LogP contribution in [0.5, 0.6) is 0 Å². The number of hydrogen-bond donors (Lipinski definition) is 0. The maximum Gasteiger partial charge on any atom is 0.306 e. The van der Waals surface area contributed by atoms with E-state index in [1.807, 2.05) is 0 Å². The first-order valence-electron chi connectivity index (χ1n) is 34.0. The van der Waals surface area contributed by atoms with Gasteiger partial charge < -0.3 is 14.2 Å². The smallest absolute Gasteiger partial charge is 0.306 e. The topological polar surface area (TPSA) is 78.9 Å². The highest BCUT2D eigenvalue weighted by atomic mass is 16.6. The van der Waals surface area contributed by atoms with Gasteiger partial charge in [0.15, 0.2) is 6.10 Å². The molecule has 446 valence electrons. The third kappa shape index (κ3) is 62.5. The first kappa shape index (κ1) is 73.6. The van der Waals surface area contributed by atoms with E-state index in [0.717, 1.165) is 70.6 Å². The highest BCUT2D eigenvalue weighted by Crippen LogP contribution is 2.18. The van der Waals surface area contributed by atoms with E-state index in [1.54, 1.807) is 0 Å². The summed E-state index contributed by atoms with van der Waals surface area (Å²) < 4.78 is 16.9. The fourth-order valence-corrected chi connectivity index (χ4v) is 10.2. The molecule has 0 aliphatic rings. The average molecular weight is 1070 g/mol. The number of carbonyl (C=O) groups is 3. The molecule has 0 N–H and O–H groups in total. The second kappa shape index (κ2) is 65.2. The van der Waals surface area contributed by atoms with Crippen molar-refractivity contribution in [1.29, 1.82) is 0 Å². The van der Waals surface area contributed by atoms with Gasteiger partial charge in [-0.3, -0.25) is 14.4 Å². The Morgan fingerprint density at radius 3 is 0.763 bits per heavy atom. The molecule has 6 nitrogen and oxygen atoms in total. The van der Waals surface area contributed by atoms with E-state index in [0.29, 0.717) is 19.3 Å². The summed E-state index contributed by atoms with van der Waals surface area (Å²) in [6, 6.07) is 0. The van der Waals surface area contributed by atoms with Crippen molar-refractivity contribution in [2.24, 2.45) is 0 Å². The van der Waals surface area contributed by atoms with Crippen molar-refractivity contribution in [3.63, 3.8) is 0 Å². The van der Waals surface area contributed by atoms with Gasteiger partial charge in [-0.05, 0) is 77.0 Å². The minimum absolute atomic E-state index is 0.0706. The molecule has 0 radical (unpaired) electrons. The Labute approximate surface area is 474 Å². The van der Waals surface area contributed by atoms with Gasteiger partial charge in [0.05, 0.1) is 0 Å². The van der Waals surface area contributed by atoms with Crippen molar-refractivity contribution in [1.82, 2.24) is 0 Å². The summed E-state index contributed by atoms with van der Waals surface area (Å²) >= 11 is 0. The Morgan fingerprint density at radius 2 is 0.474 bits per heavy atom. The minimum atomic E-state index is -0.772. The first-order chi connectivity index (χ1) is 37.5. The lowest BCUT2D eigenvalue weighted by atomic mass is 10.0. The van der Waals surface area contributed by atoms with Gasteiger partial charge in [0.2, 0.25) is 0 Å². The van der Waals surface area contributed by atoms with Gasteiger partial charge in [-0.1, -0.05) is 314 Å². The van der Waals surface area contributed by atoms with E-state index in [9.17, 15) is 14.4 Å². The quantitative estimate of drug-likeness (QED) is 0.0261. The largest absolute Gasteiger partial charge is 0.462 e. The van der Waals surface area contributed by atoms with E-state index in [2.05, 4.69) is 57.2 Å². The summed E-state index contributed by atoms with van der Waals surface area (Å²) in [5.41, 5.74) is 0. The Bertz CT molecular complexity index is 1270. The zero-order valence-electron chi connectivity index (χ0n) is 51.3. The summed E-state index contributed by atoms with van der Waals surface area (Å²) in [7, 11) is 0. The van der Waals surface area contributed by atoms with Crippen LogP contribution in [0.2, 0.25) is 0 Å². The van der Waals surface area contributed by atoms with Crippen LogP contribution in [0.25, 0.3) is 0 Å². The molecule has 0 aliphatic heterocycles. The molecule has 1 unspecified atom stereocenters. The molecule has 0 heterocycles. The van der Waals surface area contributed by atoms with Gasteiger partial charge in [-0.25, -0.2) is 0 Å². The third-order valence-corrected chi connectivity index (χ3v) is 15.4. The highest BCUT2D eigenvalue weighted by Gasteiger charge is 2.19. The van der Waals surface area contributed by atoms with Crippen LogP contribution in [0.1, 0.15) is 374 Å². The maximum absolute atomic E-state index is 12.9. The van der Waals surface area contributed by atoms with Crippen LogP contribution in [0, 0.1) is 0 Å². The van der Waals surface area contributed by atoms with Crippen molar-refractivity contribution in [2.75, 3.05) is 13.2 Å². The summed E-state index contributed by atoms with van der Waals surface area (Å²) in [4.78, 5) is 38.1. The first-order valence-corrected chi connectivity index (χ1v) is 34.0. The summed E-state index contributed by atoms with van der Waals surface area (Å²) in [5.74, 6) is -0.861. The molecule has 6 heteroatoms. The van der Waals surface area contributed by atoms with E-state index >= 15 is 0 Å². The number of allylic oxidation sites excluding steroid dienone is 6. The lowest BCUT2D eigenvalue weighted by Gasteiger charge is -2.18. The lowest BCUT2D eigenvalue weighted by Crippen LogP contribution is -2.30. The Morgan fingerprint density at radius 1 is 0.263 bits per heavy atom. The molecule has 0 aromatic heterocycles. The van der Waals surface area contributed by atoms with Crippen molar-refractivity contribution < 1.29 is 28.6 Å². The summed E-state index contributed by atoms with van der Waals surface area (Å²) in [6.07, 6.45) is 80.6. The van der Waals surface area contributed by atoms with E-state index in [1.165, 1.54) is 263 Å². The van der Waals surface area contributed by atoms with Gasteiger partial charge in [0.25, 0.3) is 0 Å². The second-order valence-corrected chi connectivity index (χ2v) is 23.1. The van der Waals surface area contributed by atoms with Crippen molar-refractivity contribution >= 4 is 17.9 Å². The Hall–Kier alpha value is -2.37. The predicted molar refractivity (Wildman–Crippen MR) is 330 cm³/mol. The van der Waals surface area contributed by atoms with Crippen molar-refractivity contribution in [3.05, 3.63) is 36.5 Å². The molecule has 0 amide bonds. The van der Waals surface area contributed by atoms with E-state index in [4.69, 9.17) is 14.2 Å². The lowest BCUT2D eigenvalue weighted by molar-refractivity contribution is -0.167. The fraction of sp³-hybridized carbons (Fsp3) is 0.871. The number of rotatable bonds is 63. The maximum atomic E-state index is 12.9. The van der Waals surface area contributed by atoms with Crippen LogP contribution >= 0.6 is 0 Å². The van der Waals surface area contributed by atoms with Crippen LogP contribution in [-0.2, 0) is 28.6 Å². The number of hydrogen-bond acceptors (Lipinski definition) is 6. The standard InChI is InChI=1S/C70H130O6/c1-4-7-10-13-16-19-21-23-25-27-28-29-30-31-32-33-34-35-36-37-38-39-40-41-42-44-45-47-49-51-54-57-60-63-69(72)75-66-67(65-74-68(71)62-59-56-53-18-15-12-9-6-3)76-70(73)64-61-58-55-52-50-48-46-43-26-24-22-20-17-14-11-8-5-2/h17,20,24,26-28,67H,4-16,18-19,21-23,25,29-66H2,1-3H3/b20-17-,26-24-,28-27-. The molecule has 0 spiro atoms. The molecule has 0 aromatic rings. The normalized spacial score (nSPS) is 12.2. The molecule has 0 saturated heterocycles. The Balaban J connectivity index is 3.99. The predicted octanol–water partition coefficient (Wildman–Crippen LogP) is 23.2. The van der Waals surface area contributed by atoms with Crippen LogP contribution in [-0.4, -0.2) is 37.2 Å². The minimum Gasteiger partial charge on any atom is -0.462 e. The molecular formula is C70H130O6. The monoisotopic (exact) mass is 1070 g/mol.